The van der Waals surface area contributed by atoms with Crippen LogP contribution in [0.15, 0.2) is 30.3 Å². The summed E-state index contributed by atoms with van der Waals surface area (Å²) in [5, 5.41) is 0. The summed E-state index contributed by atoms with van der Waals surface area (Å²) in [6.07, 6.45) is 1.93. The summed E-state index contributed by atoms with van der Waals surface area (Å²) < 4.78 is 9.96. The lowest BCUT2D eigenvalue weighted by Crippen LogP contribution is -2.08. The van der Waals surface area contributed by atoms with Crippen LogP contribution >= 0.6 is 0 Å². The average molecular weight is 222 g/mol. The van der Waals surface area contributed by atoms with Crippen molar-refractivity contribution in [3.8, 4) is 0 Å². The van der Waals surface area contributed by atoms with Crippen molar-refractivity contribution in [1.29, 1.82) is 0 Å². The predicted octanol–water partition coefficient (Wildman–Crippen LogP) is 2.20. The highest BCUT2D eigenvalue weighted by Crippen LogP contribution is 2.00. The van der Waals surface area contributed by atoms with E-state index in [9.17, 15) is 4.79 Å². The average Bonchev–Trinajstić information content (AvgIpc) is 2.31. The number of hydrogen-bond acceptors (Lipinski definition) is 3. The van der Waals surface area contributed by atoms with Gasteiger partial charge >= 0.3 is 5.97 Å². The van der Waals surface area contributed by atoms with Crippen molar-refractivity contribution in [1.82, 2.24) is 0 Å². The van der Waals surface area contributed by atoms with Gasteiger partial charge in [-0.3, -0.25) is 4.79 Å². The molecule has 0 amide bonds. The van der Waals surface area contributed by atoms with E-state index in [4.69, 9.17) is 9.47 Å². The summed E-state index contributed by atoms with van der Waals surface area (Å²) in [5.74, 6) is -0.145. The number of benzene rings is 1. The lowest BCUT2D eigenvalue weighted by atomic mass is 10.2. The minimum absolute atomic E-state index is 0.145. The molecule has 0 aliphatic carbocycles. The van der Waals surface area contributed by atoms with Crippen LogP contribution in [0.3, 0.4) is 0 Å². The summed E-state index contributed by atoms with van der Waals surface area (Å²) in [4.78, 5) is 11.2. The SMILES string of the molecule is COCCCC(=O)OCCc1ccccc1. The van der Waals surface area contributed by atoms with Gasteiger partial charge in [-0.1, -0.05) is 30.3 Å². The molecular formula is C13H18O3. The molecule has 0 atom stereocenters. The molecule has 0 fully saturated rings. The van der Waals surface area contributed by atoms with Crippen LogP contribution in [0.25, 0.3) is 0 Å². The van der Waals surface area contributed by atoms with Crippen LogP contribution in [0, 0.1) is 0 Å². The molecule has 0 bridgehead atoms. The van der Waals surface area contributed by atoms with E-state index in [0.717, 1.165) is 12.8 Å². The van der Waals surface area contributed by atoms with Crippen LogP contribution in [-0.2, 0) is 20.7 Å². The summed E-state index contributed by atoms with van der Waals surface area (Å²) >= 11 is 0. The zero-order valence-corrected chi connectivity index (χ0v) is 9.65. The molecule has 16 heavy (non-hydrogen) atoms. The molecular weight excluding hydrogens is 204 g/mol. The van der Waals surface area contributed by atoms with E-state index < -0.39 is 0 Å². The molecule has 0 heterocycles. The number of rotatable bonds is 7. The lowest BCUT2D eigenvalue weighted by Gasteiger charge is -2.04. The van der Waals surface area contributed by atoms with E-state index in [1.165, 1.54) is 5.56 Å². The first-order chi connectivity index (χ1) is 7.83. The van der Waals surface area contributed by atoms with Crippen LogP contribution in [0.2, 0.25) is 0 Å². The third kappa shape index (κ3) is 5.51. The number of esters is 1. The quantitative estimate of drug-likeness (QED) is 0.524. The fraction of sp³-hybridized carbons (Fsp3) is 0.462. The van der Waals surface area contributed by atoms with Crippen LogP contribution in [0.5, 0.6) is 0 Å². The van der Waals surface area contributed by atoms with Gasteiger partial charge in [-0.15, -0.1) is 0 Å². The number of carbonyl (C=O) groups excluding carboxylic acids is 1. The van der Waals surface area contributed by atoms with Crippen LogP contribution in [0.1, 0.15) is 18.4 Å². The third-order valence-corrected chi connectivity index (χ3v) is 2.23. The van der Waals surface area contributed by atoms with Crippen molar-refractivity contribution in [2.45, 2.75) is 19.3 Å². The van der Waals surface area contributed by atoms with Crippen molar-refractivity contribution in [3.05, 3.63) is 35.9 Å². The van der Waals surface area contributed by atoms with E-state index in [1.807, 2.05) is 30.3 Å². The van der Waals surface area contributed by atoms with Gasteiger partial charge in [0, 0.05) is 26.6 Å². The zero-order valence-electron chi connectivity index (χ0n) is 9.65. The Kier molecular flexibility index (Phi) is 6.26. The molecule has 0 N–H and O–H groups in total. The first kappa shape index (κ1) is 12.7. The number of hydrogen-bond donors (Lipinski definition) is 0. The second-order valence-electron chi connectivity index (χ2n) is 3.55. The largest absolute Gasteiger partial charge is 0.465 e. The van der Waals surface area contributed by atoms with E-state index >= 15 is 0 Å². The fourth-order valence-corrected chi connectivity index (χ4v) is 1.36. The topological polar surface area (TPSA) is 35.5 Å². The van der Waals surface area contributed by atoms with E-state index in [2.05, 4.69) is 0 Å². The molecule has 1 rings (SSSR count). The molecule has 0 saturated heterocycles. The fourth-order valence-electron chi connectivity index (χ4n) is 1.36. The van der Waals surface area contributed by atoms with Gasteiger partial charge in [0.1, 0.15) is 0 Å². The molecule has 0 aliphatic rings. The molecule has 1 aromatic rings. The molecule has 0 saturated carbocycles. The minimum Gasteiger partial charge on any atom is -0.465 e. The molecule has 0 aliphatic heterocycles. The Bertz CT molecular complexity index is 295. The van der Waals surface area contributed by atoms with Gasteiger partial charge < -0.3 is 9.47 Å². The van der Waals surface area contributed by atoms with E-state index in [-0.39, 0.29) is 5.97 Å². The molecule has 88 valence electrons. The number of carbonyl (C=O) groups is 1. The monoisotopic (exact) mass is 222 g/mol. The number of ether oxygens (including phenoxy) is 2. The molecule has 0 radical (unpaired) electrons. The second kappa shape index (κ2) is 7.88. The zero-order chi connectivity index (χ0) is 11.6. The van der Waals surface area contributed by atoms with E-state index in [0.29, 0.717) is 19.6 Å². The summed E-state index contributed by atoms with van der Waals surface area (Å²) in [6, 6.07) is 9.99. The molecule has 0 unspecified atom stereocenters. The Morgan fingerprint density at radius 1 is 1.19 bits per heavy atom. The predicted molar refractivity (Wildman–Crippen MR) is 62.2 cm³/mol. The Morgan fingerprint density at radius 3 is 2.62 bits per heavy atom. The molecule has 3 heteroatoms. The summed E-state index contributed by atoms with van der Waals surface area (Å²) in [6.45, 7) is 1.06. The van der Waals surface area contributed by atoms with Gasteiger partial charge in [0.25, 0.3) is 0 Å². The minimum atomic E-state index is -0.145. The Balaban J connectivity index is 2.09. The van der Waals surface area contributed by atoms with Gasteiger partial charge in [-0.05, 0) is 12.0 Å². The van der Waals surface area contributed by atoms with Crippen molar-refractivity contribution in [2.24, 2.45) is 0 Å². The molecule has 1 aromatic carbocycles. The molecule has 0 spiro atoms. The van der Waals surface area contributed by atoms with Crippen molar-refractivity contribution in [3.63, 3.8) is 0 Å². The van der Waals surface area contributed by atoms with Crippen molar-refractivity contribution in [2.75, 3.05) is 20.3 Å². The summed E-state index contributed by atoms with van der Waals surface area (Å²) in [7, 11) is 1.63. The van der Waals surface area contributed by atoms with Crippen molar-refractivity contribution >= 4 is 5.97 Å². The Morgan fingerprint density at radius 2 is 1.94 bits per heavy atom. The molecule has 0 aromatic heterocycles. The van der Waals surface area contributed by atoms with Crippen LogP contribution in [0.4, 0.5) is 0 Å². The highest BCUT2D eigenvalue weighted by molar-refractivity contribution is 5.69. The van der Waals surface area contributed by atoms with Gasteiger partial charge in [0.2, 0.25) is 0 Å². The lowest BCUT2D eigenvalue weighted by molar-refractivity contribution is -0.143. The van der Waals surface area contributed by atoms with E-state index in [1.54, 1.807) is 7.11 Å². The highest BCUT2D eigenvalue weighted by atomic mass is 16.5. The van der Waals surface area contributed by atoms with Gasteiger partial charge in [-0.25, -0.2) is 0 Å². The standard InChI is InChI=1S/C13H18O3/c1-15-10-5-8-13(14)16-11-9-12-6-3-2-4-7-12/h2-4,6-7H,5,8-11H2,1H3. The first-order valence-electron chi connectivity index (χ1n) is 5.51. The third-order valence-electron chi connectivity index (χ3n) is 2.23. The highest BCUT2D eigenvalue weighted by Gasteiger charge is 2.02. The maximum atomic E-state index is 11.2. The smallest absolute Gasteiger partial charge is 0.305 e. The van der Waals surface area contributed by atoms with Crippen LogP contribution in [-0.4, -0.2) is 26.3 Å². The second-order valence-corrected chi connectivity index (χ2v) is 3.55. The maximum Gasteiger partial charge on any atom is 0.305 e. The first-order valence-corrected chi connectivity index (χ1v) is 5.51. The molecule has 3 nitrogen and oxygen atoms in total. The van der Waals surface area contributed by atoms with Crippen molar-refractivity contribution < 1.29 is 14.3 Å². The van der Waals surface area contributed by atoms with Crippen LogP contribution < -0.4 is 0 Å². The Hall–Kier alpha value is -1.35. The van der Waals surface area contributed by atoms with Gasteiger partial charge in [0.15, 0.2) is 0 Å². The summed E-state index contributed by atoms with van der Waals surface area (Å²) in [5.41, 5.74) is 1.19. The Labute approximate surface area is 96.4 Å². The van der Waals surface area contributed by atoms with Gasteiger partial charge in [0.05, 0.1) is 6.61 Å². The normalized spacial score (nSPS) is 10.1. The maximum absolute atomic E-state index is 11.2. The number of methoxy groups -OCH3 is 1. The van der Waals surface area contributed by atoms with Gasteiger partial charge in [-0.2, -0.15) is 0 Å².